The Morgan fingerprint density at radius 1 is 1.28 bits per heavy atom. The Labute approximate surface area is 105 Å². The number of rotatable bonds is 5. The first kappa shape index (κ1) is 13.2. The van der Waals surface area contributed by atoms with Crippen molar-refractivity contribution in [1.82, 2.24) is 0 Å². The van der Waals surface area contributed by atoms with Crippen LogP contribution >= 0.6 is 0 Å². The molecule has 0 bridgehead atoms. The Morgan fingerprint density at radius 2 is 1.94 bits per heavy atom. The first-order valence-electron chi connectivity index (χ1n) is 6.10. The molecule has 0 amide bonds. The van der Waals surface area contributed by atoms with Crippen LogP contribution < -0.4 is 10.5 Å². The Kier molecular flexibility index (Phi) is 4.14. The van der Waals surface area contributed by atoms with Gasteiger partial charge in [-0.25, -0.2) is 8.78 Å². The summed E-state index contributed by atoms with van der Waals surface area (Å²) in [6.45, 7) is 2.61. The molecule has 1 aromatic rings. The molecule has 0 saturated heterocycles. The van der Waals surface area contributed by atoms with Gasteiger partial charge >= 0.3 is 0 Å². The second-order valence-corrected chi connectivity index (χ2v) is 4.50. The maximum atomic E-state index is 13.0. The molecule has 1 aliphatic carbocycles. The Balaban J connectivity index is 1.96. The van der Waals surface area contributed by atoms with Gasteiger partial charge in [-0.3, -0.25) is 0 Å². The summed E-state index contributed by atoms with van der Waals surface area (Å²) in [5, 5.41) is 0. The van der Waals surface area contributed by atoms with E-state index in [2.05, 4.69) is 0 Å². The van der Waals surface area contributed by atoms with Gasteiger partial charge in [0.2, 0.25) is 0 Å². The second kappa shape index (κ2) is 5.63. The van der Waals surface area contributed by atoms with Gasteiger partial charge in [0, 0.05) is 37.3 Å². The van der Waals surface area contributed by atoms with E-state index in [4.69, 9.17) is 15.2 Å². The summed E-state index contributed by atoms with van der Waals surface area (Å²) in [6, 6.07) is 3.05. The van der Waals surface area contributed by atoms with Crippen LogP contribution in [0.5, 0.6) is 5.75 Å². The summed E-state index contributed by atoms with van der Waals surface area (Å²) < 4.78 is 37.1. The zero-order valence-corrected chi connectivity index (χ0v) is 10.2. The van der Waals surface area contributed by atoms with Crippen LogP contribution in [0.15, 0.2) is 18.2 Å². The molecule has 0 spiro atoms. The molecular formula is C13H17F2NO2. The normalized spacial score (nSPS) is 26.8. The monoisotopic (exact) mass is 257 g/mol. The van der Waals surface area contributed by atoms with Crippen LogP contribution in [0, 0.1) is 11.6 Å². The Morgan fingerprint density at radius 3 is 2.50 bits per heavy atom. The van der Waals surface area contributed by atoms with E-state index >= 15 is 0 Å². The molecule has 2 rings (SSSR count). The highest BCUT2D eigenvalue weighted by molar-refractivity contribution is 5.24. The van der Waals surface area contributed by atoms with Crippen molar-refractivity contribution in [3.05, 3.63) is 29.8 Å². The van der Waals surface area contributed by atoms with E-state index in [0.29, 0.717) is 13.0 Å². The first-order valence-corrected chi connectivity index (χ1v) is 6.10. The third kappa shape index (κ3) is 2.97. The van der Waals surface area contributed by atoms with Crippen LogP contribution in [0.4, 0.5) is 8.78 Å². The minimum absolute atomic E-state index is 0.0695. The van der Waals surface area contributed by atoms with Crippen molar-refractivity contribution in [3.63, 3.8) is 0 Å². The van der Waals surface area contributed by atoms with Gasteiger partial charge in [0.05, 0.1) is 0 Å². The molecule has 0 aromatic heterocycles. The van der Waals surface area contributed by atoms with Crippen molar-refractivity contribution in [2.75, 3.05) is 6.61 Å². The smallest absolute Gasteiger partial charge is 0.129 e. The van der Waals surface area contributed by atoms with Crippen LogP contribution in [0.2, 0.25) is 0 Å². The largest absolute Gasteiger partial charge is 0.487 e. The summed E-state index contributed by atoms with van der Waals surface area (Å²) in [5.41, 5.74) is 5.81. The fourth-order valence-electron chi connectivity index (χ4n) is 1.99. The second-order valence-electron chi connectivity index (χ2n) is 4.50. The molecule has 1 fully saturated rings. The van der Waals surface area contributed by atoms with Gasteiger partial charge in [0.1, 0.15) is 29.6 Å². The lowest BCUT2D eigenvalue weighted by Gasteiger charge is -2.41. The van der Waals surface area contributed by atoms with Crippen LogP contribution in [0.25, 0.3) is 0 Å². The van der Waals surface area contributed by atoms with E-state index in [1.54, 1.807) is 0 Å². The third-order valence-electron chi connectivity index (χ3n) is 2.93. The minimum atomic E-state index is -0.653. The zero-order valence-electron chi connectivity index (χ0n) is 10.2. The number of benzene rings is 1. The highest BCUT2D eigenvalue weighted by Crippen LogP contribution is 2.28. The van der Waals surface area contributed by atoms with E-state index in [1.807, 2.05) is 6.92 Å². The molecule has 0 aliphatic heterocycles. The van der Waals surface area contributed by atoms with Crippen LogP contribution in [0.3, 0.4) is 0 Å². The fourth-order valence-corrected chi connectivity index (χ4v) is 1.99. The lowest BCUT2D eigenvalue weighted by atomic mass is 9.86. The number of ether oxygens (including phenoxy) is 2. The van der Waals surface area contributed by atoms with Gasteiger partial charge < -0.3 is 15.2 Å². The van der Waals surface area contributed by atoms with Crippen molar-refractivity contribution in [2.24, 2.45) is 5.73 Å². The summed E-state index contributed by atoms with van der Waals surface area (Å²) in [5.74, 6) is -1.13. The lowest BCUT2D eigenvalue weighted by Crippen LogP contribution is -2.59. The van der Waals surface area contributed by atoms with Gasteiger partial charge in [-0.2, -0.15) is 0 Å². The van der Waals surface area contributed by atoms with Crippen LogP contribution in [-0.4, -0.2) is 24.9 Å². The molecule has 1 aromatic carbocycles. The van der Waals surface area contributed by atoms with Crippen molar-refractivity contribution in [2.45, 2.75) is 38.0 Å². The molecule has 1 aliphatic rings. The van der Waals surface area contributed by atoms with Gasteiger partial charge in [-0.05, 0) is 6.42 Å². The number of hydrogen-bond acceptors (Lipinski definition) is 3. The molecule has 0 radical (unpaired) electrons. The molecule has 2 N–H and O–H groups in total. The quantitative estimate of drug-likeness (QED) is 0.879. The standard InChI is InChI=1S/C13H17F2NO2/c1-2-3-17-13-11(16)7-12(13)18-10-5-8(14)4-9(15)6-10/h4-6,11-13H,2-3,7,16H2,1H3. The molecule has 5 heteroatoms. The number of hydrogen-bond donors (Lipinski definition) is 1. The SMILES string of the molecule is CCCOC1C(N)CC1Oc1cc(F)cc(F)c1. The van der Waals surface area contributed by atoms with Crippen molar-refractivity contribution >= 4 is 0 Å². The fraction of sp³-hybridized carbons (Fsp3) is 0.538. The molecule has 1 saturated carbocycles. The summed E-state index contributed by atoms with van der Waals surface area (Å²) in [6.07, 6.45) is 1.10. The summed E-state index contributed by atoms with van der Waals surface area (Å²) >= 11 is 0. The van der Waals surface area contributed by atoms with Gasteiger partial charge in [-0.1, -0.05) is 6.92 Å². The van der Waals surface area contributed by atoms with Gasteiger partial charge in [-0.15, -0.1) is 0 Å². The molecular weight excluding hydrogens is 240 g/mol. The van der Waals surface area contributed by atoms with Crippen molar-refractivity contribution < 1.29 is 18.3 Å². The molecule has 100 valence electrons. The summed E-state index contributed by atoms with van der Waals surface area (Å²) in [4.78, 5) is 0. The van der Waals surface area contributed by atoms with Crippen molar-refractivity contribution in [3.8, 4) is 5.75 Å². The number of halogens is 2. The Bertz CT molecular complexity index is 394. The van der Waals surface area contributed by atoms with E-state index in [1.165, 1.54) is 0 Å². The average molecular weight is 257 g/mol. The van der Waals surface area contributed by atoms with Gasteiger partial charge in [0.15, 0.2) is 0 Å². The predicted molar refractivity (Wildman–Crippen MR) is 63.4 cm³/mol. The highest BCUT2D eigenvalue weighted by Gasteiger charge is 2.41. The first-order chi connectivity index (χ1) is 8.60. The highest BCUT2D eigenvalue weighted by atomic mass is 19.1. The van der Waals surface area contributed by atoms with Gasteiger partial charge in [0.25, 0.3) is 0 Å². The number of nitrogens with two attached hydrogens (primary N) is 1. The predicted octanol–water partition coefficient (Wildman–Crippen LogP) is 2.24. The minimum Gasteiger partial charge on any atom is -0.487 e. The lowest BCUT2D eigenvalue weighted by molar-refractivity contribution is -0.0981. The maximum Gasteiger partial charge on any atom is 0.129 e. The summed E-state index contributed by atoms with van der Waals surface area (Å²) in [7, 11) is 0. The van der Waals surface area contributed by atoms with Crippen LogP contribution in [-0.2, 0) is 4.74 Å². The van der Waals surface area contributed by atoms with E-state index < -0.39 is 11.6 Å². The van der Waals surface area contributed by atoms with E-state index in [0.717, 1.165) is 24.6 Å². The zero-order chi connectivity index (χ0) is 13.1. The topological polar surface area (TPSA) is 44.5 Å². The molecule has 0 heterocycles. The molecule has 3 unspecified atom stereocenters. The average Bonchev–Trinajstić information content (AvgIpc) is 2.27. The molecule has 18 heavy (non-hydrogen) atoms. The van der Waals surface area contributed by atoms with Crippen LogP contribution in [0.1, 0.15) is 19.8 Å². The third-order valence-corrected chi connectivity index (χ3v) is 2.93. The Hall–Kier alpha value is -1.20. The molecule has 3 atom stereocenters. The maximum absolute atomic E-state index is 13.0. The molecule has 3 nitrogen and oxygen atoms in total. The van der Waals surface area contributed by atoms with E-state index in [9.17, 15) is 8.78 Å². The van der Waals surface area contributed by atoms with E-state index in [-0.39, 0.29) is 24.0 Å². The van der Waals surface area contributed by atoms with Crippen molar-refractivity contribution in [1.29, 1.82) is 0 Å².